The van der Waals surface area contributed by atoms with Crippen LogP contribution >= 0.6 is 11.8 Å². The molecule has 4 atom stereocenters. The molecule has 172 valence electrons. The van der Waals surface area contributed by atoms with E-state index in [9.17, 15) is 24.0 Å². The standard InChI is InChI=1S/C16H28N4O9S/c1-30-5-4-10(15(27)20-11(7-22)16(28)29)19-14(26)9(2-3-12(23)24)18-13(25)8(17)6-21/h8-11,21-22H,2-7,17H2,1H3,(H,18,25)(H,19,26)(H,20,27)(H,23,24)(H,28,29). The number of aliphatic carboxylic acids is 2. The first-order valence-corrected chi connectivity index (χ1v) is 10.3. The zero-order chi connectivity index (χ0) is 23.3. The Kier molecular flexibility index (Phi) is 13.4. The van der Waals surface area contributed by atoms with Gasteiger partial charge in [0, 0.05) is 6.42 Å². The normalized spacial score (nSPS) is 14.7. The minimum Gasteiger partial charge on any atom is -0.481 e. The van der Waals surface area contributed by atoms with Crippen LogP contribution in [-0.4, -0.2) is 99.5 Å². The van der Waals surface area contributed by atoms with Crippen molar-refractivity contribution in [1.82, 2.24) is 16.0 Å². The van der Waals surface area contributed by atoms with Crippen LogP contribution in [0.1, 0.15) is 19.3 Å². The molecule has 0 aromatic carbocycles. The minimum absolute atomic E-state index is 0.103. The number of aliphatic hydroxyl groups excluding tert-OH is 2. The summed E-state index contributed by atoms with van der Waals surface area (Å²) < 4.78 is 0. The summed E-state index contributed by atoms with van der Waals surface area (Å²) in [5, 5.41) is 42.4. The van der Waals surface area contributed by atoms with Gasteiger partial charge in [0.2, 0.25) is 17.7 Å². The first-order valence-electron chi connectivity index (χ1n) is 8.89. The number of rotatable bonds is 15. The van der Waals surface area contributed by atoms with Crippen molar-refractivity contribution >= 4 is 41.4 Å². The van der Waals surface area contributed by atoms with E-state index < -0.39 is 73.5 Å². The molecule has 9 N–H and O–H groups in total. The third-order valence-corrected chi connectivity index (χ3v) is 4.50. The Hall–Kier alpha value is -2.42. The maximum absolute atomic E-state index is 12.6. The van der Waals surface area contributed by atoms with Crippen LogP contribution in [0.4, 0.5) is 0 Å². The zero-order valence-electron chi connectivity index (χ0n) is 16.4. The molecular weight excluding hydrogens is 424 g/mol. The maximum atomic E-state index is 12.6. The molecule has 0 aliphatic heterocycles. The largest absolute Gasteiger partial charge is 0.481 e. The summed E-state index contributed by atoms with van der Waals surface area (Å²) in [5.41, 5.74) is 5.38. The molecule has 14 heteroatoms. The molecule has 13 nitrogen and oxygen atoms in total. The van der Waals surface area contributed by atoms with E-state index in [-0.39, 0.29) is 12.8 Å². The molecule has 0 aromatic heterocycles. The number of hydrogen-bond acceptors (Lipinski definition) is 9. The number of thioether (sulfide) groups is 1. The molecule has 0 saturated carbocycles. The van der Waals surface area contributed by atoms with Gasteiger partial charge < -0.3 is 42.1 Å². The van der Waals surface area contributed by atoms with Crippen LogP contribution in [0.5, 0.6) is 0 Å². The van der Waals surface area contributed by atoms with E-state index in [1.54, 1.807) is 6.26 Å². The summed E-state index contributed by atoms with van der Waals surface area (Å²) in [6.07, 6.45) is 1.07. The van der Waals surface area contributed by atoms with Crippen LogP contribution in [0.2, 0.25) is 0 Å². The van der Waals surface area contributed by atoms with Crippen molar-refractivity contribution in [2.75, 3.05) is 25.2 Å². The number of carbonyl (C=O) groups excluding carboxylic acids is 3. The number of carboxylic acids is 2. The van der Waals surface area contributed by atoms with Gasteiger partial charge in [-0.2, -0.15) is 11.8 Å². The van der Waals surface area contributed by atoms with E-state index >= 15 is 0 Å². The molecule has 0 saturated heterocycles. The van der Waals surface area contributed by atoms with E-state index in [1.165, 1.54) is 11.8 Å². The van der Waals surface area contributed by atoms with Crippen molar-refractivity contribution in [3.8, 4) is 0 Å². The van der Waals surface area contributed by atoms with Gasteiger partial charge in [-0.15, -0.1) is 0 Å². The highest BCUT2D eigenvalue weighted by Crippen LogP contribution is 2.05. The second-order valence-corrected chi connectivity index (χ2v) is 7.19. The second kappa shape index (κ2) is 14.5. The third kappa shape index (κ3) is 10.4. The molecule has 4 unspecified atom stereocenters. The summed E-state index contributed by atoms with van der Waals surface area (Å²) in [7, 11) is 0. The monoisotopic (exact) mass is 452 g/mol. The fourth-order valence-corrected chi connectivity index (χ4v) is 2.60. The Morgan fingerprint density at radius 2 is 1.33 bits per heavy atom. The fraction of sp³-hybridized carbons (Fsp3) is 0.688. The summed E-state index contributed by atoms with van der Waals surface area (Å²) in [4.78, 5) is 58.7. The van der Waals surface area contributed by atoms with Crippen LogP contribution in [0.15, 0.2) is 0 Å². The van der Waals surface area contributed by atoms with E-state index in [4.69, 9.17) is 26.2 Å². The van der Waals surface area contributed by atoms with Gasteiger partial charge in [-0.25, -0.2) is 4.79 Å². The van der Waals surface area contributed by atoms with Gasteiger partial charge in [-0.1, -0.05) is 0 Å². The number of nitrogens with one attached hydrogen (secondary N) is 3. The number of aliphatic hydroxyl groups is 2. The van der Waals surface area contributed by atoms with Crippen molar-refractivity contribution in [2.45, 2.75) is 43.4 Å². The molecule has 0 aliphatic carbocycles. The second-order valence-electron chi connectivity index (χ2n) is 6.21. The van der Waals surface area contributed by atoms with Crippen molar-refractivity contribution in [3.05, 3.63) is 0 Å². The average molecular weight is 452 g/mol. The van der Waals surface area contributed by atoms with Crippen LogP contribution in [0.25, 0.3) is 0 Å². The molecule has 0 aliphatic rings. The molecule has 0 bridgehead atoms. The van der Waals surface area contributed by atoms with Gasteiger partial charge in [0.1, 0.15) is 24.2 Å². The van der Waals surface area contributed by atoms with E-state index in [0.717, 1.165) is 0 Å². The molecule has 0 aromatic rings. The first kappa shape index (κ1) is 27.6. The summed E-state index contributed by atoms with van der Waals surface area (Å²) in [5.74, 6) is -4.92. The number of amides is 3. The van der Waals surface area contributed by atoms with E-state index in [0.29, 0.717) is 5.75 Å². The fourth-order valence-electron chi connectivity index (χ4n) is 2.13. The third-order valence-electron chi connectivity index (χ3n) is 3.85. The Morgan fingerprint density at radius 3 is 1.77 bits per heavy atom. The molecule has 30 heavy (non-hydrogen) atoms. The Balaban J connectivity index is 5.36. The highest BCUT2D eigenvalue weighted by molar-refractivity contribution is 7.98. The lowest BCUT2D eigenvalue weighted by atomic mass is 10.1. The highest BCUT2D eigenvalue weighted by atomic mass is 32.2. The summed E-state index contributed by atoms with van der Waals surface area (Å²) >= 11 is 1.36. The molecular formula is C16H28N4O9S. The van der Waals surface area contributed by atoms with Crippen molar-refractivity contribution in [1.29, 1.82) is 0 Å². The Morgan fingerprint density at radius 1 is 0.833 bits per heavy atom. The topological polar surface area (TPSA) is 228 Å². The molecule has 0 radical (unpaired) electrons. The number of carbonyl (C=O) groups is 5. The smallest absolute Gasteiger partial charge is 0.328 e. The van der Waals surface area contributed by atoms with Gasteiger partial charge in [-0.05, 0) is 24.9 Å². The number of nitrogens with two attached hydrogens (primary N) is 1. The molecule has 3 amide bonds. The van der Waals surface area contributed by atoms with Crippen molar-refractivity contribution in [3.63, 3.8) is 0 Å². The highest BCUT2D eigenvalue weighted by Gasteiger charge is 2.30. The van der Waals surface area contributed by atoms with Gasteiger partial charge >= 0.3 is 11.9 Å². The van der Waals surface area contributed by atoms with Gasteiger partial charge in [0.15, 0.2) is 0 Å². The number of carboxylic acid groups (broad SMARTS) is 2. The van der Waals surface area contributed by atoms with Crippen LogP contribution in [0.3, 0.4) is 0 Å². The maximum Gasteiger partial charge on any atom is 0.328 e. The summed E-state index contributed by atoms with van der Waals surface area (Å²) in [6.45, 7) is -1.56. The van der Waals surface area contributed by atoms with Gasteiger partial charge in [0.25, 0.3) is 0 Å². The summed E-state index contributed by atoms with van der Waals surface area (Å²) in [6, 6.07) is -5.46. The molecule has 0 fully saturated rings. The first-order chi connectivity index (χ1) is 14.1. The molecule has 0 heterocycles. The zero-order valence-corrected chi connectivity index (χ0v) is 17.2. The van der Waals surface area contributed by atoms with E-state index in [1.807, 2.05) is 0 Å². The van der Waals surface area contributed by atoms with Gasteiger partial charge in [-0.3, -0.25) is 19.2 Å². The predicted molar refractivity (Wildman–Crippen MR) is 105 cm³/mol. The van der Waals surface area contributed by atoms with Gasteiger partial charge in [0.05, 0.1) is 13.2 Å². The Bertz CT molecular complexity index is 620. The lowest BCUT2D eigenvalue weighted by molar-refractivity contribution is -0.143. The minimum atomic E-state index is -1.57. The Labute approximate surface area is 176 Å². The SMILES string of the molecule is CSCCC(NC(=O)C(CCC(=O)O)NC(=O)C(N)CO)C(=O)NC(CO)C(=O)O. The van der Waals surface area contributed by atoms with Crippen LogP contribution in [0, 0.1) is 0 Å². The lowest BCUT2D eigenvalue weighted by Gasteiger charge is -2.24. The van der Waals surface area contributed by atoms with Crippen LogP contribution in [-0.2, 0) is 24.0 Å². The quantitative estimate of drug-likeness (QED) is 0.121. The van der Waals surface area contributed by atoms with Crippen LogP contribution < -0.4 is 21.7 Å². The van der Waals surface area contributed by atoms with Crippen molar-refractivity contribution in [2.24, 2.45) is 5.73 Å². The van der Waals surface area contributed by atoms with E-state index in [2.05, 4.69) is 16.0 Å². The lowest BCUT2D eigenvalue weighted by Crippen LogP contribution is -2.57. The molecule has 0 spiro atoms. The molecule has 0 rings (SSSR count). The van der Waals surface area contributed by atoms with Crippen molar-refractivity contribution < 1.29 is 44.4 Å². The number of hydrogen-bond donors (Lipinski definition) is 8. The average Bonchev–Trinajstić information content (AvgIpc) is 2.70. The predicted octanol–water partition coefficient (Wildman–Crippen LogP) is -3.54.